The summed E-state index contributed by atoms with van der Waals surface area (Å²) in [6.07, 6.45) is -0.135. The molecular weight excluding hydrogens is 216 g/mol. The molecule has 0 aromatic heterocycles. The molecule has 1 aliphatic heterocycles. The molecule has 1 heterocycles. The molecule has 1 amide bonds. The molecule has 1 aromatic carbocycles. The van der Waals surface area contributed by atoms with Gasteiger partial charge in [-0.1, -0.05) is 19.9 Å². The van der Waals surface area contributed by atoms with Gasteiger partial charge in [-0.2, -0.15) is 5.26 Å². The summed E-state index contributed by atoms with van der Waals surface area (Å²) in [4.78, 5) is 11.3. The van der Waals surface area contributed by atoms with Crippen molar-refractivity contribution in [2.45, 2.75) is 25.7 Å². The Morgan fingerprint density at radius 3 is 3.06 bits per heavy atom. The minimum Gasteiger partial charge on any atom is -0.492 e. The molecule has 88 valence electrons. The largest absolute Gasteiger partial charge is 0.492 e. The molecule has 1 aliphatic rings. The molecule has 0 atom stereocenters. The third-order valence-corrected chi connectivity index (χ3v) is 2.82. The van der Waals surface area contributed by atoms with Gasteiger partial charge in [-0.25, -0.2) is 0 Å². The average Bonchev–Trinajstić information content (AvgIpc) is 2.55. The Morgan fingerprint density at radius 1 is 1.59 bits per heavy atom. The minimum absolute atomic E-state index is 0.0184. The quantitative estimate of drug-likeness (QED) is 0.847. The topological polar surface area (TPSA) is 62.1 Å². The van der Waals surface area contributed by atoms with E-state index < -0.39 is 0 Å². The van der Waals surface area contributed by atoms with Crippen LogP contribution in [0.15, 0.2) is 18.2 Å². The number of fused-ring (bicyclic) bond motifs is 1. The first kappa shape index (κ1) is 11.5. The van der Waals surface area contributed by atoms with Crippen LogP contribution in [0.1, 0.15) is 25.8 Å². The number of ether oxygens (including phenoxy) is 1. The highest BCUT2D eigenvalue weighted by Gasteiger charge is 2.31. The molecule has 4 heteroatoms. The number of nitrogens with zero attached hydrogens (tertiary/aromatic N) is 1. The van der Waals surface area contributed by atoms with Crippen molar-refractivity contribution in [3.63, 3.8) is 0 Å². The van der Waals surface area contributed by atoms with E-state index in [4.69, 9.17) is 10.00 Å². The predicted molar refractivity (Wildman–Crippen MR) is 63.8 cm³/mol. The highest BCUT2D eigenvalue weighted by molar-refractivity contribution is 5.92. The number of hydrogen-bond donors (Lipinski definition) is 1. The molecule has 0 radical (unpaired) electrons. The van der Waals surface area contributed by atoms with Gasteiger partial charge >= 0.3 is 0 Å². The maximum absolute atomic E-state index is 11.3. The second-order valence-electron chi connectivity index (χ2n) is 4.77. The SMILES string of the molecule is CC1(C)COc2cc(NC(=O)CC#N)ccc21. The monoisotopic (exact) mass is 230 g/mol. The molecule has 4 nitrogen and oxygen atoms in total. The number of anilines is 1. The summed E-state index contributed by atoms with van der Waals surface area (Å²) in [7, 11) is 0. The van der Waals surface area contributed by atoms with E-state index in [0.29, 0.717) is 12.3 Å². The number of carbonyl (C=O) groups is 1. The molecule has 0 aliphatic carbocycles. The standard InChI is InChI=1S/C13H14N2O2/c1-13(2)8-17-11-7-9(3-4-10(11)13)15-12(16)5-6-14/h3-4,7H,5,8H2,1-2H3,(H,15,16). The van der Waals surface area contributed by atoms with Crippen LogP contribution in [-0.4, -0.2) is 12.5 Å². The van der Waals surface area contributed by atoms with Gasteiger partial charge in [-0.05, 0) is 6.07 Å². The lowest BCUT2D eigenvalue weighted by molar-refractivity contribution is -0.115. The second-order valence-corrected chi connectivity index (χ2v) is 4.77. The normalized spacial score (nSPS) is 15.6. The Balaban J connectivity index is 2.19. The maximum atomic E-state index is 11.3. The number of hydrogen-bond acceptors (Lipinski definition) is 3. The molecule has 17 heavy (non-hydrogen) atoms. The van der Waals surface area contributed by atoms with E-state index in [1.54, 1.807) is 6.07 Å². The third-order valence-electron chi connectivity index (χ3n) is 2.82. The van der Waals surface area contributed by atoms with Crippen LogP contribution in [0.25, 0.3) is 0 Å². The van der Waals surface area contributed by atoms with E-state index in [-0.39, 0.29) is 17.7 Å². The lowest BCUT2D eigenvalue weighted by Gasteiger charge is -2.15. The van der Waals surface area contributed by atoms with Crippen LogP contribution in [0, 0.1) is 11.3 Å². The second kappa shape index (κ2) is 4.10. The van der Waals surface area contributed by atoms with E-state index in [1.807, 2.05) is 18.2 Å². The van der Waals surface area contributed by atoms with Gasteiger partial charge in [0.1, 0.15) is 12.2 Å². The number of nitriles is 1. The summed E-state index contributed by atoms with van der Waals surface area (Å²) in [6.45, 7) is 4.89. The van der Waals surface area contributed by atoms with Crippen LogP contribution in [0.3, 0.4) is 0 Å². The molecule has 0 saturated carbocycles. The molecular formula is C13H14N2O2. The fourth-order valence-corrected chi connectivity index (χ4v) is 1.89. The molecule has 0 fully saturated rings. The first-order chi connectivity index (χ1) is 8.03. The zero-order valence-corrected chi connectivity index (χ0v) is 9.91. The van der Waals surface area contributed by atoms with Crippen molar-refractivity contribution in [2.75, 3.05) is 11.9 Å². The molecule has 0 spiro atoms. The highest BCUT2D eigenvalue weighted by atomic mass is 16.5. The van der Waals surface area contributed by atoms with Crippen molar-refractivity contribution < 1.29 is 9.53 Å². The number of nitrogens with one attached hydrogen (secondary N) is 1. The fourth-order valence-electron chi connectivity index (χ4n) is 1.89. The maximum Gasteiger partial charge on any atom is 0.238 e. The van der Waals surface area contributed by atoms with Crippen molar-refractivity contribution in [3.8, 4) is 11.8 Å². The zero-order valence-electron chi connectivity index (χ0n) is 9.91. The van der Waals surface area contributed by atoms with Gasteiger partial charge in [0.25, 0.3) is 0 Å². The number of amides is 1. The van der Waals surface area contributed by atoms with Gasteiger partial charge in [0.05, 0.1) is 12.7 Å². The van der Waals surface area contributed by atoms with Crippen molar-refractivity contribution >= 4 is 11.6 Å². The van der Waals surface area contributed by atoms with E-state index in [2.05, 4.69) is 19.2 Å². The molecule has 1 aromatic rings. The summed E-state index contributed by atoms with van der Waals surface area (Å²) in [5, 5.41) is 11.1. The van der Waals surface area contributed by atoms with Gasteiger partial charge in [-0.15, -0.1) is 0 Å². The van der Waals surface area contributed by atoms with Crippen LogP contribution in [0.4, 0.5) is 5.69 Å². The Labute approximate surface area is 100 Å². The third kappa shape index (κ3) is 2.23. The molecule has 0 unspecified atom stereocenters. The van der Waals surface area contributed by atoms with Crippen molar-refractivity contribution in [1.82, 2.24) is 0 Å². The van der Waals surface area contributed by atoms with Gasteiger partial charge in [0.15, 0.2) is 0 Å². The summed E-state index contributed by atoms with van der Waals surface area (Å²) >= 11 is 0. The Kier molecular flexibility index (Phi) is 2.76. The number of rotatable bonds is 2. The zero-order chi connectivity index (χ0) is 12.5. The van der Waals surface area contributed by atoms with E-state index in [9.17, 15) is 4.79 Å². The van der Waals surface area contributed by atoms with Crippen molar-refractivity contribution in [1.29, 1.82) is 5.26 Å². The smallest absolute Gasteiger partial charge is 0.238 e. The summed E-state index contributed by atoms with van der Waals surface area (Å²) in [5.74, 6) is 0.509. The van der Waals surface area contributed by atoms with Gasteiger partial charge in [0, 0.05) is 22.7 Å². The lowest BCUT2D eigenvalue weighted by Crippen LogP contribution is -2.18. The van der Waals surface area contributed by atoms with Gasteiger partial charge in [0.2, 0.25) is 5.91 Å². The Hall–Kier alpha value is -2.02. The van der Waals surface area contributed by atoms with Crippen LogP contribution in [-0.2, 0) is 10.2 Å². The van der Waals surface area contributed by atoms with Crippen molar-refractivity contribution in [2.24, 2.45) is 0 Å². The van der Waals surface area contributed by atoms with E-state index in [0.717, 1.165) is 11.3 Å². The van der Waals surface area contributed by atoms with Gasteiger partial charge in [-0.3, -0.25) is 4.79 Å². The van der Waals surface area contributed by atoms with Gasteiger partial charge < -0.3 is 10.1 Å². The molecule has 2 rings (SSSR count). The van der Waals surface area contributed by atoms with Crippen LogP contribution >= 0.6 is 0 Å². The summed E-state index contributed by atoms with van der Waals surface area (Å²) < 4.78 is 5.58. The predicted octanol–water partition coefficient (Wildman–Crippen LogP) is 2.21. The van der Waals surface area contributed by atoms with Crippen LogP contribution in [0.2, 0.25) is 0 Å². The summed E-state index contributed by atoms with van der Waals surface area (Å²) in [5.41, 5.74) is 1.84. The Bertz CT molecular complexity index is 501. The van der Waals surface area contributed by atoms with Crippen LogP contribution < -0.4 is 10.1 Å². The lowest BCUT2D eigenvalue weighted by atomic mass is 9.87. The highest BCUT2D eigenvalue weighted by Crippen LogP contribution is 2.39. The van der Waals surface area contributed by atoms with Crippen molar-refractivity contribution in [3.05, 3.63) is 23.8 Å². The number of benzene rings is 1. The number of carbonyl (C=O) groups excluding carboxylic acids is 1. The molecule has 0 saturated heterocycles. The summed E-state index contributed by atoms with van der Waals surface area (Å²) in [6, 6.07) is 7.42. The van der Waals surface area contributed by atoms with E-state index >= 15 is 0 Å². The fraction of sp³-hybridized carbons (Fsp3) is 0.385. The first-order valence-corrected chi connectivity index (χ1v) is 5.47. The molecule has 0 bridgehead atoms. The minimum atomic E-state index is -0.301. The van der Waals surface area contributed by atoms with Crippen LogP contribution in [0.5, 0.6) is 5.75 Å². The average molecular weight is 230 g/mol. The Morgan fingerprint density at radius 2 is 2.35 bits per heavy atom. The van der Waals surface area contributed by atoms with E-state index in [1.165, 1.54) is 0 Å². The molecule has 1 N–H and O–H groups in total. The first-order valence-electron chi connectivity index (χ1n) is 5.47.